The van der Waals surface area contributed by atoms with Gasteiger partial charge in [-0.1, -0.05) is 29.8 Å². The molecule has 19 heavy (non-hydrogen) atoms. The summed E-state index contributed by atoms with van der Waals surface area (Å²) in [5.41, 5.74) is 0.928. The fraction of sp³-hybridized carbons (Fsp3) is 0.571. The highest BCUT2D eigenvalue weighted by Gasteiger charge is 2.06. The topological polar surface area (TPSA) is 50.7 Å². The minimum atomic E-state index is -0.536. The van der Waals surface area contributed by atoms with Gasteiger partial charge in [0.25, 0.3) is 0 Å². The fourth-order valence-corrected chi connectivity index (χ4v) is 1.71. The zero-order chi connectivity index (χ0) is 14.1. The molecule has 0 spiro atoms. The monoisotopic (exact) mass is 287 g/mol. The third-order valence-electron chi connectivity index (χ3n) is 2.74. The number of methoxy groups -OCH3 is 1. The molecule has 0 saturated heterocycles. The molecule has 0 heterocycles. The van der Waals surface area contributed by atoms with Crippen molar-refractivity contribution in [2.24, 2.45) is 0 Å². The van der Waals surface area contributed by atoms with E-state index >= 15 is 0 Å². The SMILES string of the molecule is COC(C)CNCC(O)COCc1ccccc1Cl. The number of hydrogen-bond acceptors (Lipinski definition) is 4. The summed E-state index contributed by atoms with van der Waals surface area (Å²) in [6.07, 6.45) is -0.400. The van der Waals surface area contributed by atoms with Gasteiger partial charge in [0.05, 0.1) is 25.4 Å². The van der Waals surface area contributed by atoms with E-state index in [0.717, 1.165) is 5.56 Å². The second kappa shape index (κ2) is 9.28. The van der Waals surface area contributed by atoms with E-state index in [0.29, 0.717) is 24.7 Å². The maximum atomic E-state index is 9.72. The van der Waals surface area contributed by atoms with Crippen molar-refractivity contribution in [3.63, 3.8) is 0 Å². The van der Waals surface area contributed by atoms with Crippen LogP contribution in [0.25, 0.3) is 0 Å². The average molecular weight is 288 g/mol. The molecule has 2 atom stereocenters. The predicted octanol–water partition coefficient (Wildman–Crippen LogP) is 1.84. The van der Waals surface area contributed by atoms with Crippen LogP contribution >= 0.6 is 11.6 Å². The Morgan fingerprint density at radius 1 is 1.32 bits per heavy atom. The van der Waals surface area contributed by atoms with Crippen LogP contribution in [-0.2, 0) is 16.1 Å². The smallest absolute Gasteiger partial charge is 0.0897 e. The molecule has 2 unspecified atom stereocenters. The first-order valence-electron chi connectivity index (χ1n) is 6.36. The van der Waals surface area contributed by atoms with Crippen LogP contribution in [0.4, 0.5) is 0 Å². The molecule has 0 aliphatic carbocycles. The van der Waals surface area contributed by atoms with Crippen LogP contribution in [0.2, 0.25) is 5.02 Å². The minimum absolute atomic E-state index is 0.135. The van der Waals surface area contributed by atoms with Crippen LogP contribution in [-0.4, -0.2) is 44.1 Å². The lowest BCUT2D eigenvalue weighted by Gasteiger charge is -2.15. The Bertz CT molecular complexity index is 362. The molecule has 1 aromatic rings. The minimum Gasteiger partial charge on any atom is -0.389 e. The maximum absolute atomic E-state index is 9.72. The molecule has 1 rings (SSSR count). The molecule has 0 fully saturated rings. The molecule has 0 radical (unpaired) electrons. The molecule has 0 bridgehead atoms. The second-order valence-electron chi connectivity index (χ2n) is 4.46. The first kappa shape index (κ1) is 16.4. The highest BCUT2D eigenvalue weighted by Crippen LogP contribution is 2.15. The van der Waals surface area contributed by atoms with Crippen LogP contribution in [0.1, 0.15) is 12.5 Å². The Morgan fingerprint density at radius 3 is 2.74 bits per heavy atom. The van der Waals surface area contributed by atoms with Crippen LogP contribution in [0.5, 0.6) is 0 Å². The van der Waals surface area contributed by atoms with Gasteiger partial charge in [0.15, 0.2) is 0 Å². The van der Waals surface area contributed by atoms with Crippen molar-refractivity contribution in [3.8, 4) is 0 Å². The van der Waals surface area contributed by atoms with Crippen molar-refractivity contribution in [2.45, 2.75) is 25.7 Å². The molecule has 0 amide bonds. The largest absolute Gasteiger partial charge is 0.389 e. The van der Waals surface area contributed by atoms with E-state index in [4.69, 9.17) is 21.1 Å². The van der Waals surface area contributed by atoms with Gasteiger partial charge in [-0.3, -0.25) is 0 Å². The van der Waals surface area contributed by atoms with Crippen LogP contribution in [0.3, 0.4) is 0 Å². The summed E-state index contributed by atoms with van der Waals surface area (Å²) < 4.78 is 10.5. The number of benzene rings is 1. The van der Waals surface area contributed by atoms with Gasteiger partial charge in [-0.25, -0.2) is 0 Å². The number of halogens is 1. The van der Waals surface area contributed by atoms with Gasteiger partial charge in [-0.2, -0.15) is 0 Å². The highest BCUT2D eigenvalue weighted by molar-refractivity contribution is 6.31. The van der Waals surface area contributed by atoms with Gasteiger partial charge in [0.2, 0.25) is 0 Å². The Morgan fingerprint density at radius 2 is 2.05 bits per heavy atom. The average Bonchev–Trinajstić information content (AvgIpc) is 2.40. The number of aliphatic hydroxyl groups excluding tert-OH is 1. The molecule has 1 aromatic carbocycles. The lowest BCUT2D eigenvalue weighted by Crippen LogP contribution is -2.34. The third-order valence-corrected chi connectivity index (χ3v) is 3.11. The molecule has 0 saturated carbocycles. The van der Waals surface area contributed by atoms with Gasteiger partial charge < -0.3 is 19.9 Å². The molecule has 0 aliphatic rings. The molecule has 0 aromatic heterocycles. The lowest BCUT2D eigenvalue weighted by molar-refractivity contribution is 0.0266. The molecule has 5 heteroatoms. The van der Waals surface area contributed by atoms with E-state index in [1.165, 1.54) is 0 Å². The molecule has 108 valence electrons. The third kappa shape index (κ3) is 6.89. The number of rotatable bonds is 9. The van der Waals surface area contributed by atoms with Crippen molar-refractivity contribution in [2.75, 3.05) is 26.8 Å². The number of nitrogens with one attached hydrogen (secondary N) is 1. The maximum Gasteiger partial charge on any atom is 0.0897 e. The van der Waals surface area contributed by atoms with Gasteiger partial charge in [0, 0.05) is 25.2 Å². The normalized spacial score (nSPS) is 14.3. The van der Waals surface area contributed by atoms with E-state index in [9.17, 15) is 5.11 Å². The van der Waals surface area contributed by atoms with Gasteiger partial charge in [0.1, 0.15) is 0 Å². The zero-order valence-electron chi connectivity index (χ0n) is 11.4. The number of ether oxygens (including phenoxy) is 2. The highest BCUT2D eigenvalue weighted by atomic mass is 35.5. The Kier molecular flexibility index (Phi) is 8.02. The molecular weight excluding hydrogens is 266 g/mol. The Hall–Kier alpha value is -0.650. The van der Waals surface area contributed by atoms with E-state index in [1.54, 1.807) is 7.11 Å². The first-order chi connectivity index (χ1) is 9.13. The lowest BCUT2D eigenvalue weighted by atomic mass is 10.2. The van der Waals surface area contributed by atoms with Gasteiger partial charge in [-0.05, 0) is 18.6 Å². The van der Waals surface area contributed by atoms with E-state index in [-0.39, 0.29) is 12.7 Å². The Balaban J connectivity index is 2.13. The van der Waals surface area contributed by atoms with Crippen LogP contribution < -0.4 is 5.32 Å². The van der Waals surface area contributed by atoms with Crippen LogP contribution in [0, 0.1) is 0 Å². The standard InChI is InChI=1S/C14H22ClNO3/c1-11(18-2)7-16-8-13(17)10-19-9-12-5-3-4-6-14(12)15/h3-6,11,13,16-17H,7-10H2,1-2H3. The summed E-state index contributed by atoms with van der Waals surface area (Å²) in [6.45, 7) is 3.84. The zero-order valence-corrected chi connectivity index (χ0v) is 12.2. The summed E-state index contributed by atoms with van der Waals surface area (Å²) in [5.74, 6) is 0. The summed E-state index contributed by atoms with van der Waals surface area (Å²) in [7, 11) is 1.66. The van der Waals surface area contributed by atoms with Crippen molar-refractivity contribution in [3.05, 3.63) is 34.9 Å². The van der Waals surface area contributed by atoms with E-state index < -0.39 is 6.10 Å². The van der Waals surface area contributed by atoms with E-state index in [1.807, 2.05) is 31.2 Å². The van der Waals surface area contributed by atoms with Crippen LogP contribution in [0.15, 0.2) is 24.3 Å². The van der Waals surface area contributed by atoms with Crippen molar-refractivity contribution >= 4 is 11.6 Å². The number of hydrogen-bond donors (Lipinski definition) is 2. The van der Waals surface area contributed by atoms with Crippen molar-refractivity contribution in [1.29, 1.82) is 0 Å². The molecule has 0 aliphatic heterocycles. The number of aliphatic hydroxyl groups is 1. The fourth-order valence-electron chi connectivity index (χ4n) is 1.52. The van der Waals surface area contributed by atoms with Gasteiger partial charge >= 0.3 is 0 Å². The summed E-state index contributed by atoms with van der Waals surface area (Å²) in [6, 6.07) is 7.52. The van der Waals surface area contributed by atoms with Gasteiger partial charge in [-0.15, -0.1) is 0 Å². The first-order valence-corrected chi connectivity index (χ1v) is 6.74. The second-order valence-corrected chi connectivity index (χ2v) is 4.87. The summed E-state index contributed by atoms with van der Waals surface area (Å²) in [5, 5.41) is 13.5. The van der Waals surface area contributed by atoms with E-state index in [2.05, 4.69) is 5.32 Å². The summed E-state index contributed by atoms with van der Waals surface area (Å²) >= 11 is 6.01. The molecule has 2 N–H and O–H groups in total. The molecule has 4 nitrogen and oxygen atoms in total. The quantitative estimate of drug-likeness (QED) is 0.728. The molecular formula is C14H22ClNO3. The Labute approximate surface area is 119 Å². The van der Waals surface area contributed by atoms with Crippen molar-refractivity contribution < 1.29 is 14.6 Å². The predicted molar refractivity (Wildman–Crippen MR) is 76.5 cm³/mol. The summed E-state index contributed by atoms with van der Waals surface area (Å²) in [4.78, 5) is 0. The van der Waals surface area contributed by atoms with Crippen molar-refractivity contribution in [1.82, 2.24) is 5.32 Å².